The van der Waals surface area contributed by atoms with E-state index in [2.05, 4.69) is 45.2 Å². The van der Waals surface area contributed by atoms with Gasteiger partial charge in [0.05, 0.1) is 23.6 Å². The highest BCUT2D eigenvalue weighted by molar-refractivity contribution is 5.62. The number of nitrogens with zero attached hydrogens (tertiary/aromatic N) is 4. The molecule has 3 heterocycles. The number of aryl methyl sites for hydroxylation is 3. The summed E-state index contributed by atoms with van der Waals surface area (Å²) >= 11 is 0. The quantitative estimate of drug-likeness (QED) is 0.759. The Kier molecular flexibility index (Phi) is 4.90. The molecule has 1 fully saturated rings. The first-order valence-corrected chi connectivity index (χ1v) is 9.44. The molecule has 3 aromatic rings. The van der Waals surface area contributed by atoms with Crippen LogP contribution < -0.4 is 10.1 Å². The van der Waals surface area contributed by atoms with Crippen LogP contribution in [0.4, 0.5) is 0 Å². The Morgan fingerprint density at radius 2 is 1.70 bits per heavy atom. The molecule has 2 aromatic heterocycles. The van der Waals surface area contributed by atoms with Crippen LogP contribution in [0.5, 0.6) is 11.5 Å². The van der Waals surface area contributed by atoms with Gasteiger partial charge in [0.25, 0.3) is 0 Å². The van der Waals surface area contributed by atoms with Crippen LogP contribution in [0, 0.1) is 20.8 Å². The molecule has 1 saturated heterocycles. The van der Waals surface area contributed by atoms with E-state index in [-0.39, 0.29) is 0 Å². The minimum atomic E-state index is 0.367. The number of nitrogens with one attached hydrogen (secondary N) is 1. The van der Waals surface area contributed by atoms with Crippen molar-refractivity contribution in [3.05, 3.63) is 53.5 Å². The van der Waals surface area contributed by atoms with E-state index in [4.69, 9.17) is 4.74 Å². The van der Waals surface area contributed by atoms with Crippen molar-refractivity contribution < 1.29 is 4.74 Å². The number of rotatable bonds is 4. The van der Waals surface area contributed by atoms with Crippen molar-refractivity contribution in [2.75, 3.05) is 13.1 Å². The van der Waals surface area contributed by atoms with E-state index in [1.54, 1.807) is 6.20 Å². The molecule has 1 aliphatic rings. The van der Waals surface area contributed by atoms with Crippen molar-refractivity contribution in [1.29, 1.82) is 0 Å². The molecular weight excluding hydrogens is 338 g/mol. The SMILES string of the molecule is Cc1cc(C)cc(Oc2cncc(-c3c(C)nnn3C3CCNCC3)c2)c1. The number of aromatic nitrogens is 4. The molecule has 1 N–H and O–H groups in total. The maximum atomic E-state index is 6.08. The van der Waals surface area contributed by atoms with Crippen molar-refractivity contribution in [2.45, 2.75) is 39.7 Å². The fraction of sp³-hybridized carbons (Fsp3) is 0.381. The van der Waals surface area contributed by atoms with Gasteiger partial charge in [-0.1, -0.05) is 11.3 Å². The summed E-state index contributed by atoms with van der Waals surface area (Å²) in [5.74, 6) is 1.54. The van der Waals surface area contributed by atoms with Crippen LogP contribution in [-0.4, -0.2) is 33.1 Å². The largest absolute Gasteiger partial charge is 0.456 e. The van der Waals surface area contributed by atoms with Gasteiger partial charge in [-0.3, -0.25) is 4.98 Å². The zero-order valence-electron chi connectivity index (χ0n) is 16.1. The summed E-state index contributed by atoms with van der Waals surface area (Å²) in [5, 5.41) is 12.2. The van der Waals surface area contributed by atoms with Crippen LogP contribution in [0.3, 0.4) is 0 Å². The normalized spacial score (nSPS) is 15.1. The first-order chi connectivity index (χ1) is 13.1. The van der Waals surface area contributed by atoms with Gasteiger partial charge in [0.1, 0.15) is 11.5 Å². The number of hydrogen-bond acceptors (Lipinski definition) is 5. The fourth-order valence-electron chi connectivity index (χ4n) is 3.75. The van der Waals surface area contributed by atoms with Crippen LogP contribution >= 0.6 is 0 Å². The van der Waals surface area contributed by atoms with Crippen LogP contribution in [0.25, 0.3) is 11.3 Å². The molecule has 6 heteroatoms. The minimum Gasteiger partial charge on any atom is -0.456 e. The average molecular weight is 363 g/mol. The molecule has 27 heavy (non-hydrogen) atoms. The number of benzene rings is 1. The van der Waals surface area contributed by atoms with Crippen molar-refractivity contribution in [2.24, 2.45) is 0 Å². The van der Waals surface area contributed by atoms with Gasteiger partial charge in [0.15, 0.2) is 0 Å². The standard InChI is InChI=1S/C21H25N5O/c1-14-8-15(2)10-19(9-14)27-20-11-17(12-23-13-20)21-16(3)24-25-26(21)18-4-6-22-7-5-18/h8-13,18,22H,4-7H2,1-3H3. The van der Waals surface area contributed by atoms with E-state index in [0.717, 1.165) is 54.4 Å². The molecule has 0 bridgehead atoms. The second kappa shape index (κ2) is 7.48. The highest BCUT2D eigenvalue weighted by Gasteiger charge is 2.22. The predicted octanol–water partition coefficient (Wildman–Crippen LogP) is 3.98. The van der Waals surface area contributed by atoms with E-state index in [0.29, 0.717) is 6.04 Å². The van der Waals surface area contributed by atoms with E-state index in [9.17, 15) is 0 Å². The summed E-state index contributed by atoms with van der Waals surface area (Å²) in [6.45, 7) is 8.16. The third-order valence-electron chi connectivity index (χ3n) is 4.93. The molecular formula is C21H25N5O. The smallest absolute Gasteiger partial charge is 0.146 e. The lowest BCUT2D eigenvalue weighted by molar-refractivity contribution is 0.340. The summed E-state index contributed by atoms with van der Waals surface area (Å²) in [7, 11) is 0. The van der Waals surface area contributed by atoms with E-state index < -0.39 is 0 Å². The molecule has 1 aliphatic heterocycles. The number of hydrogen-bond donors (Lipinski definition) is 1. The number of piperidine rings is 1. The average Bonchev–Trinajstić information content (AvgIpc) is 3.03. The molecule has 1 aromatic carbocycles. The number of pyridine rings is 1. The molecule has 6 nitrogen and oxygen atoms in total. The van der Waals surface area contributed by atoms with Gasteiger partial charge < -0.3 is 10.1 Å². The van der Waals surface area contributed by atoms with E-state index >= 15 is 0 Å². The third-order valence-corrected chi connectivity index (χ3v) is 4.93. The Labute approximate surface area is 159 Å². The van der Waals surface area contributed by atoms with Crippen molar-refractivity contribution >= 4 is 0 Å². The second-order valence-corrected chi connectivity index (χ2v) is 7.28. The van der Waals surface area contributed by atoms with Crippen molar-refractivity contribution in [1.82, 2.24) is 25.3 Å². The predicted molar refractivity (Wildman–Crippen MR) is 105 cm³/mol. The molecule has 0 spiro atoms. The van der Waals surface area contributed by atoms with E-state index in [1.807, 2.05) is 31.3 Å². The van der Waals surface area contributed by atoms with Crippen LogP contribution in [0.2, 0.25) is 0 Å². The Morgan fingerprint density at radius 3 is 2.44 bits per heavy atom. The summed E-state index contributed by atoms with van der Waals surface area (Å²) in [6, 6.07) is 8.59. The van der Waals surface area contributed by atoms with Gasteiger partial charge in [0.2, 0.25) is 0 Å². The third kappa shape index (κ3) is 3.85. The van der Waals surface area contributed by atoms with Gasteiger partial charge in [-0.25, -0.2) is 4.68 Å². The summed E-state index contributed by atoms with van der Waals surface area (Å²) in [4.78, 5) is 4.40. The minimum absolute atomic E-state index is 0.367. The van der Waals surface area contributed by atoms with Gasteiger partial charge in [-0.2, -0.15) is 0 Å². The van der Waals surface area contributed by atoms with Gasteiger partial charge in [-0.15, -0.1) is 5.10 Å². The molecule has 0 unspecified atom stereocenters. The number of ether oxygens (including phenoxy) is 1. The molecule has 0 radical (unpaired) electrons. The second-order valence-electron chi connectivity index (χ2n) is 7.28. The Balaban J connectivity index is 1.66. The molecule has 0 atom stereocenters. The molecule has 0 aliphatic carbocycles. The Hall–Kier alpha value is -2.73. The Bertz CT molecular complexity index is 923. The maximum Gasteiger partial charge on any atom is 0.146 e. The molecule has 140 valence electrons. The zero-order valence-corrected chi connectivity index (χ0v) is 16.1. The Morgan fingerprint density at radius 1 is 0.963 bits per heavy atom. The highest BCUT2D eigenvalue weighted by Crippen LogP contribution is 2.31. The van der Waals surface area contributed by atoms with Gasteiger partial charge >= 0.3 is 0 Å². The molecule has 0 amide bonds. The first-order valence-electron chi connectivity index (χ1n) is 9.44. The summed E-state index contributed by atoms with van der Waals surface area (Å²) in [6.07, 6.45) is 5.72. The highest BCUT2D eigenvalue weighted by atomic mass is 16.5. The maximum absolute atomic E-state index is 6.08. The van der Waals surface area contributed by atoms with Crippen molar-refractivity contribution in [3.8, 4) is 22.8 Å². The first kappa shape index (κ1) is 17.7. The van der Waals surface area contributed by atoms with E-state index in [1.165, 1.54) is 11.1 Å². The molecule has 4 rings (SSSR count). The van der Waals surface area contributed by atoms with Gasteiger partial charge in [0, 0.05) is 11.8 Å². The zero-order chi connectivity index (χ0) is 18.8. The lowest BCUT2D eigenvalue weighted by Gasteiger charge is -2.24. The van der Waals surface area contributed by atoms with Crippen LogP contribution in [0.1, 0.15) is 35.7 Å². The van der Waals surface area contributed by atoms with Crippen LogP contribution in [-0.2, 0) is 0 Å². The van der Waals surface area contributed by atoms with Crippen molar-refractivity contribution in [3.63, 3.8) is 0 Å². The monoisotopic (exact) mass is 363 g/mol. The van der Waals surface area contributed by atoms with Gasteiger partial charge in [-0.05, 0) is 76.0 Å². The lowest BCUT2D eigenvalue weighted by atomic mass is 10.1. The lowest BCUT2D eigenvalue weighted by Crippen LogP contribution is -2.30. The topological polar surface area (TPSA) is 64.9 Å². The summed E-state index contributed by atoms with van der Waals surface area (Å²) in [5.41, 5.74) is 5.29. The molecule has 0 saturated carbocycles. The summed E-state index contributed by atoms with van der Waals surface area (Å²) < 4.78 is 8.14. The fourth-order valence-corrected chi connectivity index (χ4v) is 3.75. The van der Waals surface area contributed by atoms with Crippen LogP contribution in [0.15, 0.2) is 36.7 Å².